The Bertz CT molecular complexity index is 277. The molecule has 0 bridgehead atoms. The van der Waals surface area contributed by atoms with Gasteiger partial charge in [0.2, 0.25) is 0 Å². The molecule has 0 unspecified atom stereocenters. The van der Waals surface area contributed by atoms with Gasteiger partial charge in [-0.15, -0.1) is 0 Å². The first-order valence-electron chi connectivity index (χ1n) is 5.00. The molecule has 0 fully saturated rings. The van der Waals surface area contributed by atoms with E-state index in [4.69, 9.17) is 23.2 Å². The van der Waals surface area contributed by atoms with E-state index >= 15 is 0 Å². The Hall–Kier alpha value is -0.220. The molecule has 0 aromatic heterocycles. The lowest BCUT2D eigenvalue weighted by Crippen LogP contribution is -2.31. The van der Waals surface area contributed by atoms with E-state index in [1.807, 2.05) is 6.92 Å². The smallest absolute Gasteiger partial charge is 0.103 e. The standard InChI is InChI=1S/C10H16Cl2N2O/c1-2-8(15)6-13-4-7-5-14-10(12)3-9(7)11/h3,8,13-15H,2,4-6H2,1H3/t8-/m1/s1. The molecule has 3 N–H and O–H groups in total. The van der Waals surface area contributed by atoms with Crippen LogP contribution in [0.15, 0.2) is 21.8 Å². The molecule has 0 aromatic carbocycles. The SMILES string of the molecule is CC[C@@H](O)CNCC1=C(Cl)C=C(Cl)NC1. The highest BCUT2D eigenvalue weighted by atomic mass is 35.5. The predicted octanol–water partition coefficient (Wildman–Crippen LogP) is 1.52. The highest BCUT2D eigenvalue weighted by Crippen LogP contribution is 2.18. The maximum absolute atomic E-state index is 9.34. The zero-order chi connectivity index (χ0) is 11.3. The zero-order valence-electron chi connectivity index (χ0n) is 8.69. The Morgan fingerprint density at radius 3 is 2.93 bits per heavy atom. The average molecular weight is 251 g/mol. The van der Waals surface area contributed by atoms with E-state index in [9.17, 15) is 5.11 Å². The molecule has 0 radical (unpaired) electrons. The van der Waals surface area contributed by atoms with Gasteiger partial charge in [0.15, 0.2) is 0 Å². The van der Waals surface area contributed by atoms with E-state index in [1.54, 1.807) is 6.08 Å². The van der Waals surface area contributed by atoms with Gasteiger partial charge in [-0.2, -0.15) is 0 Å². The first kappa shape index (κ1) is 12.8. The molecule has 0 amide bonds. The van der Waals surface area contributed by atoms with E-state index in [1.165, 1.54) is 0 Å². The monoisotopic (exact) mass is 250 g/mol. The second-order valence-corrected chi connectivity index (χ2v) is 4.30. The zero-order valence-corrected chi connectivity index (χ0v) is 10.2. The average Bonchev–Trinajstić information content (AvgIpc) is 2.21. The Balaban J connectivity index is 2.36. The molecule has 15 heavy (non-hydrogen) atoms. The number of halogens is 2. The van der Waals surface area contributed by atoms with Crippen LogP contribution in [0.1, 0.15) is 13.3 Å². The molecule has 0 spiro atoms. The molecule has 1 atom stereocenters. The maximum Gasteiger partial charge on any atom is 0.103 e. The summed E-state index contributed by atoms with van der Waals surface area (Å²) in [7, 11) is 0. The van der Waals surface area contributed by atoms with E-state index in [0.717, 1.165) is 12.0 Å². The number of aliphatic hydroxyl groups is 1. The third-order valence-electron chi connectivity index (χ3n) is 2.25. The van der Waals surface area contributed by atoms with Crippen molar-refractivity contribution in [1.82, 2.24) is 10.6 Å². The summed E-state index contributed by atoms with van der Waals surface area (Å²) >= 11 is 11.8. The molecular formula is C10H16Cl2N2O. The van der Waals surface area contributed by atoms with Crippen molar-refractivity contribution in [1.29, 1.82) is 0 Å². The van der Waals surface area contributed by atoms with E-state index in [0.29, 0.717) is 29.8 Å². The molecule has 0 saturated heterocycles. The van der Waals surface area contributed by atoms with Crippen LogP contribution in [0.4, 0.5) is 0 Å². The lowest BCUT2D eigenvalue weighted by Gasteiger charge is -2.17. The molecule has 1 aliphatic rings. The summed E-state index contributed by atoms with van der Waals surface area (Å²) < 4.78 is 0. The van der Waals surface area contributed by atoms with Crippen molar-refractivity contribution in [2.75, 3.05) is 19.6 Å². The van der Waals surface area contributed by atoms with Crippen LogP contribution in [-0.2, 0) is 0 Å². The number of nitrogens with one attached hydrogen (secondary N) is 2. The minimum atomic E-state index is -0.292. The van der Waals surface area contributed by atoms with Crippen LogP contribution in [0.3, 0.4) is 0 Å². The highest BCUT2D eigenvalue weighted by Gasteiger charge is 2.10. The van der Waals surface area contributed by atoms with Crippen LogP contribution in [0, 0.1) is 0 Å². The first-order chi connectivity index (χ1) is 7.13. The molecule has 0 saturated carbocycles. The van der Waals surface area contributed by atoms with Gasteiger partial charge >= 0.3 is 0 Å². The summed E-state index contributed by atoms with van der Waals surface area (Å²) in [5.41, 5.74) is 1.06. The minimum absolute atomic E-state index is 0.292. The Morgan fingerprint density at radius 2 is 2.33 bits per heavy atom. The molecule has 0 aromatic rings. The largest absolute Gasteiger partial charge is 0.392 e. The van der Waals surface area contributed by atoms with Crippen molar-refractivity contribution in [3.05, 3.63) is 21.8 Å². The summed E-state index contributed by atoms with van der Waals surface area (Å²) in [5, 5.41) is 16.7. The number of hydrogen-bond acceptors (Lipinski definition) is 3. The van der Waals surface area contributed by atoms with Crippen LogP contribution in [0.5, 0.6) is 0 Å². The third kappa shape index (κ3) is 4.43. The van der Waals surface area contributed by atoms with Gasteiger partial charge in [0.25, 0.3) is 0 Å². The van der Waals surface area contributed by atoms with Gasteiger partial charge in [0.05, 0.1) is 6.10 Å². The molecule has 1 aliphatic heterocycles. The topological polar surface area (TPSA) is 44.3 Å². The molecule has 86 valence electrons. The van der Waals surface area contributed by atoms with E-state index in [2.05, 4.69) is 10.6 Å². The number of allylic oxidation sites excluding steroid dienone is 2. The first-order valence-corrected chi connectivity index (χ1v) is 5.76. The van der Waals surface area contributed by atoms with Crippen LogP contribution < -0.4 is 10.6 Å². The normalized spacial score (nSPS) is 18.5. The molecule has 0 aliphatic carbocycles. The van der Waals surface area contributed by atoms with Crippen molar-refractivity contribution in [2.24, 2.45) is 0 Å². The van der Waals surface area contributed by atoms with E-state index in [-0.39, 0.29) is 6.10 Å². The minimum Gasteiger partial charge on any atom is -0.392 e. The number of rotatable bonds is 5. The predicted molar refractivity (Wildman–Crippen MR) is 64.0 cm³/mol. The Labute approximate surface area is 100 Å². The van der Waals surface area contributed by atoms with Crippen molar-refractivity contribution in [3.63, 3.8) is 0 Å². The fourth-order valence-corrected chi connectivity index (χ4v) is 1.70. The second-order valence-electron chi connectivity index (χ2n) is 3.49. The quantitative estimate of drug-likeness (QED) is 0.649. The summed E-state index contributed by atoms with van der Waals surface area (Å²) in [6.07, 6.45) is 2.16. The van der Waals surface area contributed by atoms with Crippen molar-refractivity contribution in [3.8, 4) is 0 Å². The third-order valence-corrected chi connectivity index (χ3v) is 2.87. The van der Waals surface area contributed by atoms with Gasteiger partial charge in [0.1, 0.15) is 5.16 Å². The molecule has 3 nitrogen and oxygen atoms in total. The summed E-state index contributed by atoms with van der Waals surface area (Å²) in [6, 6.07) is 0. The molecular weight excluding hydrogens is 235 g/mol. The lowest BCUT2D eigenvalue weighted by atomic mass is 10.2. The van der Waals surface area contributed by atoms with Gasteiger partial charge in [0, 0.05) is 24.7 Å². The van der Waals surface area contributed by atoms with Crippen LogP contribution in [0.25, 0.3) is 0 Å². The fraction of sp³-hybridized carbons (Fsp3) is 0.600. The Morgan fingerprint density at radius 1 is 1.60 bits per heavy atom. The molecule has 1 rings (SSSR count). The van der Waals surface area contributed by atoms with Gasteiger partial charge in [-0.25, -0.2) is 0 Å². The fourth-order valence-electron chi connectivity index (χ4n) is 1.22. The Kier molecular flexibility index (Phi) is 5.47. The number of hydrogen-bond donors (Lipinski definition) is 3. The van der Waals surface area contributed by atoms with Crippen molar-refractivity contribution in [2.45, 2.75) is 19.4 Å². The van der Waals surface area contributed by atoms with Gasteiger partial charge in [-0.05, 0) is 18.1 Å². The van der Waals surface area contributed by atoms with Crippen molar-refractivity contribution >= 4 is 23.2 Å². The maximum atomic E-state index is 9.34. The lowest BCUT2D eigenvalue weighted by molar-refractivity contribution is 0.168. The summed E-state index contributed by atoms with van der Waals surface area (Å²) in [6.45, 7) is 3.86. The second kappa shape index (κ2) is 6.38. The van der Waals surface area contributed by atoms with Crippen LogP contribution in [-0.4, -0.2) is 30.8 Å². The molecule has 1 heterocycles. The van der Waals surface area contributed by atoms with Gasteiger partial charge < -0.3 is 15.7 Å². The number of dihydropyridines is 1. The molecule has 5 heteroatoms. The van der Waals surface area contributed by atoms with Crippen molar-refractivity contribution < 1.29 is 5.11 Å². The van der Waals surface area contributed by atoms with Crippen LogP contribution in [0.2, 0.25) is 0 Å². The number of aliphatic hydroxyl groups excluding tert-OH is 1. The van der Waals surface area contributed by atoms with Gasteiger partial charge in [-0.1, -0.05) is 30.1 Å². The van der Waals surface area contributed by atoms with Gasteiger partial charge in [-0.3, -0.25) is 0 Å². The summed E-state index contributed by atoms with van der Waals surface area (Å²) in [5.74, 6) is 0. The highest BCUT2D eigenvalue weighted by molar-refractivity contribution is 6.35. The summed E-state index contributed by atoms with van der Waals surface area (Å²) in [4.78, 5) is 0. The van der Waals surface area contributed by atoms with Crippen LogP contribution >= 0.6 is 23.2 Å². The van der Waals surface area contributed by atoms with E-state index < -0.39 is 0 Å².